The van der Waals surface area contributed by atoms with E-state index in [9.17, 15) is 9.59 Å². The van der Waals surface area contributed by atoms with Crippen LogP contribution in [0.15, 0.2) is 0 Å². The second kappa shape index (κ2) is 4.69. The molecule has 0 aromatic rings. The topological polar surface area (TPSA) is 78.4 Å². The molecule has 3 N–H and O–H groups in total. The summed E-state index contributed by atoms with van der Waals surface area (Å²) in [6.07, 6.45) is -0.0964. The lowest BCUT2D eigenvalue weighted by Crippen LogP contribution is -2.49. The van der Waals surface area contributed by atoms with Crippen LogP contribution in [0.1, 0.15) is 48.0 Å². The first-order valence-electron chi connectivity index (χ1n) is 6.68. The van der Waals surface area contributed by atoms with Gasteiger partial charge in [0.15, 0.2) is 0 Å². The molecule has 0 atom stereocenters. The van der Waals surface area contributed by atoms with Crippen molar-refractivity contribution in [3.05, 3.63) is 0 Å². The van der Waals surface area contributed by atoms with Crippen LogP contribution in [0.5, 0.6) is 0 Å². The summed E-state index contributed by atoms with van der Waals surface area (Å²) in [5.74, 6) is -0.469. The summed E-state index contributed by atoms with van der Waals surface area (Å²) < 4.78 is 0. The standard InChI is InChI=1S/C14H26N2O3/c1-12(2,7-10(17)18)16-11(19)15-8-9-13(3,4)14(9,5)6/h9H,7-8H2,1-6H3,(H,17,18)(H2,15,16,19). The third kappa shape index (κ3) is 3.39. The van der Waals surface area contributed by atoms with E-state index in [2.05, 4.69) is 38.3 Å². The van der Waals surface area contributed by atoms with E-state index in [1.165, 1.54) is 0 Å². The Balaban J connectivity index is 2.40. The minimum absolute atomic E-state index is 0.0964. The molecule has 0 heterocycles. The molecule has 1 fully saturated rings. The predicted octanol–water partition coefficient (Wildman–Crippen LogP) is 2.22. The zero-order chi connectivity index (χ0) is 15.1. The van der Waals surface area contributed by atoms with Crippen molar-refractivity contribution < 1.29 is 14.7 Å². The first-order chi connectivity index (χ1) is 8.40. The molecule has 1 aliphatic carbocycles. The SMILES string of the molecule is CC(C)(CC(=O)O)NC(=O)NCC1C(C)(C)C1(C)C. The van der Waals surface area contributed by atoms with Crippen molar-refractivity contribution in [3.63, 3.8) is 0 Å². The molecule has 110 valence electrons. The highest BCUT2D eigenvalue weighted by molar-refractivity contribution is 5.76. The van der Waals surface area contributed by atoms with Gasteiger partial charge in [-0.3, -0.25) is 4.79 Å². The van der Waals surface area contributed by atoms with Crippen molar-refractivity contribution in [2.75, 3.05) is 6.54 Å². The van der Waals surface area contributed by atoms with Crippen LogP contribution in [-0.2, 0) is 4.79 Å². The van der Waals surface area contributed by atoms with Gasteiger partial charge in [-0.05, 0) is 30.6 Å². The van der Waals surface area contributed by atoms with Crippen molar-refractivity contribution in [3.8, 4) is 0 Å². The van der Waals surface area contributed by atoms with Gasteiger partial charge in [0.1, 0.15) is 0 Å². The molecule has 5 heteroatoms. The number of carbonyl (C=O) groups is 2. The lowest BCUT2D eigenvalue weighted by molar-refractivity contribution is -0.138. The van der Waals surface area contributed by atoms with Crippen LogP contribution in [0.25, 0.3) is 0 Å². The van der Waals surface area contributed by atoms with Crippen molar-refractivity contribution in [2.45, 2.75) is 53.5 Å². The molecule has 0 radical (unpaired) electrons. The van der Waals surface area contributed by atoms with Crippen molar-refractivity contribution in [1.29, 1.82) is 0 Å². The average molecular weight is 270 g/mol. The fourth-order valence-corrected chi connectivity index (χ4v) is 2.81. The van der Waals surface area contributed by atoms with E-state index in [4.69, 9.17) is 5.11 Å². The second-order valence-corrected chi connectivity index (χ2v) is 7.29. The van der Waals surface area contributed by atoms with Crippen LogP contribution >= 0.6 is 0 Å². The van der Waals surface area contributed by atoms with Crippen LogP contribution < -0.4 is 10.6 Å². The largest absolute Gasteiger partial charge is 0.481 e. The molecule has 2 amide bonds. The first kappa shape index (κ1) is 15.8. The summed E-state index contributed by atoms with van der Waals surface area (Å²) in [7, 11) is 0. The number of hydrogen-bond acceptors (Lipinski definition) is 2. The Morgan fingerprint density at radius 3 is 2.00 bits per heavy atom. The van der Waals surface area contributed by atoms with Gasteiger partial charge in [-0.1, -0.05) is 27.7 Å². The highest BCUT2D eigenvalue weighted by atomic mass is 16.4. The van der Waals surface area contributed by atoms with Gasteiger partial charge in [0, 0.05) is 12.1 Å². The second-order valence-electron chi connectivity index (χ2n) is 7.29. The quantitative estimate of drug-likeness (QED) is 0.716. The summed E-state index contributed by atoms with van der Waals surface area (Å²) >= 11 is 0. The van der Waals surface area contributed by atoms with Gasteiger partial charge in [-0.15, -0.1) is 0 Å². The Hall–Kier alpha value is -1.26. The van der Waals surface area contributed by atoms with Crippen molar-refractivity contribution >= 4 is 12.0 Å². The predicted molar refractivity (Wildman–Crippen MR) is 73.9 cm³/mol. The van der Waals surface area contributed by atoms with Gasteiger partial charge in [0.05, 0.1) is 6.42 Å². The molecule has 0 bridgehead atoms. The van der Waals surface area contributed by atoms with Crippen LogP contribution in [-0.4, -0.2) is 29.2 Å². The smallest absolute Gasteiger partial charge is 0.315 e. The maximum absolute atomic E-state index is 11.8. The molecule has 19 heavy (non-hydrogen) atoms. The van der Waals surface area contributed by atoms with Gasteiger partial charge in [-0.2, -0.15) is 0 Å². The summed E-state index contributed by atoms with van der Waals surface area (Å²) in [4.78, 5) is 22.5. The van der Waals surface area contributed by atoms with E-state index in [1.807, 2.05) is 0 Å². The maximum Gasteiger partial charge on any atom is 0.315 e. The van der Waals surface area contributed by atoms with Crippen molar-refractivity contribution in [2.24, 2.45) is 16.7 Å². The normalized spacial score (nSPS) is 20.7. The molecule has 0 saturated heterocycles. The highest BCUT2D eigenvalue weighted by Gasteiger charge is 2.64. The summed E-state index contributed by atoms with van der Waals surface area (Å²) in [6.45, 7) is 12.8. The van der Waals surface area contributed by atoms with Crippen molar-refractivity contribution in [1.82, 2.24) is 10.6 Å². The van der Waals surface area contributed by atoms with Gasteiger partial charge < -0.3 is 15.7 Å². The average Bonchev–Trinajstić information content (AvgIpc) is 2.50. The van der Waals surface area contributed by atoms with Gasteiger partial charge in [0.25, 0.3) is 0 Å². The zero-order valence-electron chi connectivity index (χ0n) is 12.8. The van der Waals surface area contributed by atoms with Gasteiger partial charge >= 0.3 is 12.0 Å². The van der Waals surface area contributed by atoms with Crippen LogP contribution in [0, 0.1) is 16.7 Å². The summed E-state index contributed by atoms with van der Waals surface area (Å²) in [5.41, 5.74) is -0.280. The molecule has 1 saturated carbocycles. The van der Waals surface area contributed by atoms with E-state index in [0.717, 1.165) is 0 Å². The first-order valence-corrected chi connectivity index (χ1v) is 6.68. The number of carbonyl (C=O) groups excluding carboxylic acids is 1. The number of carboxylic acid groups (broad SMARTS) is 1. The lowest BCUT2D eigenvalue weighted by atomic mass is 10.0. The number of rotatable bonds is 5. The lowest BCUT2D eigenvalue weighted by Gasteiger charge is -2.24. The Morgan fingerprint density at radius 1 is 1.16 bits per heavy atom. The van der Waals surface area contributed by atoms with E-state index < -0.39 is 11.5 Å². The molecule has 0 aromatic carbocycles. The molecular formula is C14H26N2O3. The molecule has 0 unspecified atom stereocenters. The Labute approximate surface area is 115 Å². The minimum Gasteiger partial charge on any atom is -0.481 e. The third-order valence-corrected chi connectivity index (χ3v) is 4.83. The number of amides is 2. The summed E-state index contributed by atoms with van der Waals surface area (Å²) in [6, 6.07) is -0.301. The van der Waals surface area contributed by atoms with Crippen LogP contribution in [0.2, 0.25) is 0 Å². The molecule has 1 aliphatic rings. The number of nitrogens with one attached hydrogen (secondary N) is 2. The van der Waals surface area contributed by atoms with E-state index in [-0.39, 0.29) is 23.3 Å². The third-order valence-electron chi connectivity index (χ3n) is 4.83. The molecule has 0 aromatic heterocycles. The summed E-state index contributed by atoms with van der Waals surface area (Å²) in [5, 5.41) is 14.3. The number of urea groups is 1. The Morgan fingerprint density at radius 2 is 1.63 bits per heavy atom. The van der Waals surface area contributed by atoms with E-state index in [1.54, 1.807) is 13.8 Å². The van der Waals surface area contributed by atoms with Gasteiger partial charge in [0.2, 0.25) is 0 Å². The fraction of sp³-hybridized carbons (Fsp3) is 0.857. The fourth-order valence-electron chi connectivity index (χ4n) is 2.81. The van der Waals surface area contributed by atoms with Crippen LogP contribution in [0.4, 0.5) is 4.79 Å². The molecule has 0 aliphatic heterocycles. The molecular weight excluding hydrogens is 244 g/mol. The number of carboxylic acids is 1. The van der Waals surface area contributed by atoms with Crippen LogP contribution in [0.3, 0.4) is 0 Å². The minimum atomic E-state index is -0.922. The highest BCUT2D eigenvalue weighted by Crippen LogP contribution is 2.67. The molecule has 5 nitrogen and oxygen atoms in total. The Kier molecular flexibility index (Phi) is 3.90. The monoisotopic (exact) mass is 270 g/mol. The Bertz CT molecular complexity index is 372. The molecule has 0 spiro atoms. The van der Waals surface area contributed by atoms with Gasteiger partial charge in [-0.25, -0.2) is 4.79 Å². The molecule has 1 rings (SSSR count). The van der Waals surface area contributed by atoms with E-state index >= 15 is 0 Å². The van der Waals surface area contributed by atoms with E-state index in [0.29, 0.717) is 12.5 Å². The number of hydrogen-bond donors (Lipinski definition) is 3. The number of aliphatic carboxylic acids is 1. The maximum atomic E-state index is 11.8. The zero-order valence-corrected chi connectivity index (χ0v) is 12.8.